The number of para-hydroxylation sites is 1. The molecule has 0 saturated heterocycles. The van der Waals surface area contributed by atoms with Crippen LogP contribution in [0.2, 0.25) is 0 Å². The molecule has 4 nitrogen and oxygen atoms in total. The lowest BCUT2D eigenvalue weighted by molar-refractivity contribution is 0.100. The molecule has 0 aliphatic carbocycles. The maximum absolute atomic E-state index is 11.1. The van der Waals surface area contributed by atoms with Crippen molar-refractivity contribution in [3.8, 4) is 0 Å². The molecular weight excluding hydrogens is 192 g/mol. The second-order valence-electron chi connectivity index (χ2n) is 3.53. The van der Waals surface area contributed by atoms with Crippen LogP contribution in [0.3, 0.4) is 0 Å². The Balaban J connectivity index is 3.09. The van der Waals surface area contributed by atoms with Crippen molar-refractivity contribution in [2.45, 2.75) is 12.8 Å². The van der Waals surface area contributed by atoms with E-state index in [-0.39, 0.29) is 5.92 Å². The third-order valence-corrected chi connectivity index (χ3v) is 2.35. The third-order valence-electron chi connectivity index (χ3n) is 2.35. The molecule has 1 aromatic carbocycles. The van der Waals surface area contributed by atoms with E-state index in [0.717, 1.165) is 5.56 Å². The average Bonchev–Trinajstić information content (AvgIpc) is 2.17. The highest BCUT2D eigenvalue weighted by Gasteiger charge is 2.13. The summed E-state index contributed by atoms with van der Waals surface area (Å²) in [7, 11) is 1.63. The van der Waals surface area contributed by atoms with Crippen molar-refractivity contribution >= 4 is 11.6 Å². The Morgan fingerprint density at radius 1 is 1.53 bits per heavy atom. The smallest absolute Gasteiger partial charge is 0.250 e. The zero-order valence-electron chi connectivity index (χ0n) is 8.99. The number of ether oxygens (including phenoxy) is 1. The molecule has 0 aliphatic heterocycles. The van der Waals surface area contributed by atoms with Crippen LogP contribution in [-0.2, 0) is 4.74 Å². The fourth-order valence-corrected chi connectivity index (χ4v) is 1.57. The highest BCUT2D eigenvalue weighted by Crippen LogP contribution is 2.25. The quantitative estimate of drug-likeness (QED) is 0.728. The number of anilines is 1. The van der Waals surface area contributed by atoms with Crippen molar-refractivity contribution in [3.05, 3.63) is 29.3 Å². The van der Waals surface area contributed by atoms with Crippen molar-refractivity contribution in [2.75, 3.05) is 19.5 Å². The predicted octanol–water partition coefficient (Wildman–Crippen LogP) is 1.12. The number of nitrogens with two attached hydrogens (primary N) is 2. The summed E-state index contributed by atoms with van der Waals surface area (Å²) in [5.74, 6) is -0.353. The molecule has 1 rings (SSSR count). The third kappa shape index (κ3) is 2.47. The summed E-state index contributed by atoms with van der Waals surface area (Å²) in [6.07, 6.45) is 0. The van der Waals surface area contributed by atoms with Gasteiger partial charge in [0.05, 0.1) is 12.2 Å². The van der Waals surface area contributed by atoms with Crippen LogP contribution in [-0.4, -0.2) is 19.6 Å². The zero-order chi connectivity index (χ0) is 11.4. The zero-order valence-corrected chi connectivity index (χ0v) is 8.99. The molecule has 0 aliphatic rings. The molecule has 4 heteroatoms. The predicted molar refractivity (Wildman–Crippen MR) is 59.7 cm³/mol. The Morgan fingerprint density at radius 3 is 2.73 bits per heavy atom. The molecular formula is C11H16N2O2. The largest absolute Gasteiger partial charge is 0.398 e. The van der Waals surface area contributed by atoms with Gasteiger partial charge in [-0.25, -0.2) is 0 Å². The van der Waals surface area contributed by atoms with Gasteiger partial charge < -0.3 is 16.2 Å². The minimum absolute atomic E-state index is 0.147. The van der Waals surface area contributed by atoms with Crippen LogP contribution in [0, 0.1) is 0 Å². The molecule has 1 unspecified atom stereocenters. The van der Waals surface area contributed by atoms with Crippen molar-refractivity contribution in [3.63, 3.8) is 0 Å². The lowest BCUT2D eigenvalue weighted by Crippen LogP contribution is -2.16. The molecule has 0 heterocycles. The first-order chi connectivity index (χ1) is 7.07. The van der Waals surface area contributed by atoms with E-state index >= 15 is 0 Å². The normalized spacial score (nSPS) is 12.4. The molecule has 4 N–H and O–H groups in total. The minimum Gasteiger partial charge on any atom is -0.398 e. The minimum atomic E-state index is -0.501. The summed E-state index contributed by atoms with van der Waals surface area (Å²) in [6, 6.07) is 5.28. The lowest BCUT2D eigenvalue weighted by atomic mass is 9.97. The van der Waals surface area contributed by atoms with Gasteiger partial charge in [0.1, 0.15) is 0 Å². The number of carbonyl (C=O) groups is 1. The van der Waals surface area contributed by atoms with Crippen LogP contribution in [0.4, 0.5) is 5.69 Å². The number of amides is 1. The van der Waals surface area contributed by atoms with Gasteiger partial charge in [-0.05, 0) is 11.6 Å². The molecule has 0 fully saturated rings. The number of nitrogen functional groups attached to an aromatic ring is 1. The SMILES string of the molecule is COCC(C)c1cccc(C(N)=O)c1N. The summed E-state index contributed by atoms with van der Waals surface area (Å²) >= 11 is 0. The Kier molecular flexibility index (Phi) is 3.68. The van der Waals surface area contributed by atoms with Gasteiger partial charge in [0.25, 0.3) is 5.91 Å². The molecule has 0 spiro atoms. The molecule has 1 amide bonds. The molecule has 82 valence electrons. The number of hydrogen-bond donors (Lipinski definition) is 2. The van der Waals surface area contributed by atoms with Crippen molar-refractivity contribution in [1.29, 1.82) is 0 Å². The molecule has 0 saturated carbocycles. The van der Waals surface area contributed by atoms with E-state index in [0.29, 0.717) is 17.9 Å². The number of hydrogen-bond acceptors (Lipinski definition) is 3. The maximum Gasteiger partial charge on any atom is 0.250 e. The summed E-state index contributed by atoms with van der Waals surface area (Å²) in [4.78, 5) is 11.1. The van der Waals surface area contributed by atoms with Gasteiger partial charge >= 0.3 is 0 Å². The number of methoxy groups -OCH3 is 1. The van der Waals surface area contributed by atoms with Gasteiger partial charge in [0.2, 0.25) is 0 Å². The topological polar surface area (TPSA) is 78.3 Å². The van der Waals surface area contributed by atoms with E-state index in [1.165, 1.54) is 0 Å². The van der Waals surface area contributed by atoms with Crippen LogP contribution in [0.5, 0.6) is 0 Å². The standard InChI is InChI=1S/C11H16N2O2/c1-7(6-15-2)8-4-3-5-9(10(8)12)11(13)14/h3-5,7H,6,12H2,1-2H3,(H2,13,14). The second kappa shape index (κ2) is 4.79. The van der Waals surface area contributed by atoms with Crippen molar-refractivity contribution < 1.29 is 9.53 Å². The summed E-state index contributed by atoms with van der Waals surface area (Å²) in [5.41, 5.74) is 12.8. The first-order valence-electron chi connectivity index (χ1n) is 4.75. The van der Waals surface area contributed by atoms with Crippen LogP contribution >= 0.6 is 0 Å². The summed E-state index contributed by atoms with van der Waals surface area (Å²) < 4.78 is 5.04. The first kappa shape index (κ1) is 11.5. The van der Waals surface area contributed by atoms with Gasteiger partial charge in [-0.3, -0.25) is 4.79 Å². The molecule has 1 aromatic rings. The fourth-order valence-electron chi connectivity index (χ4n) is 1.57. The number of primary amides is 1. The lowest BCUT2D eigenvalue weighted by Gasteiger charge is -2.14. The Bertz CT molecular complexity index is 364. The number of carbonyl (C=O) groups excluding carboxylic acids is 1. The molecule has 0 radical (unpaired) electrons. The van der Waals surface area contributed by atoms with Gasteiger partial charge in [0.15, 0.2) is 0 Å². The van der Waals surface area contributed by atoms with Gasteiger partial charge in [-0.1, -0.05) is 19.1 Å². The van der Waals surface area contributed by atoms with Gasteiger partial charge in [0, 0.05) is 18.7 Å². The molecule has 0 bridgehead atoms. The first-order valence-corrected chi connectivity index (χ1v) is 4.75. The van der Waals surface area contributed by atoms with Crippen molar-refractivity contribution in [2.24, 2.45) is 5.73 Å². The van der Waals surface area contributed by atoms with Gasteiger partial charge in [-0.15, -0.1) is 0 Å². The molecule has 1 atom stereocenters. The number of benzene rings is 1. The van der Waals surface area contributed by atoms with Crippen LogP contribution in [0.25, 0.3) is 0 Å². The Labute approximate surface area is 89.2 Å². The Hall–Kier alpha value is -1.55. The average molecular weight is 208 g/mol. The van der Waals surface area contributed by atoms with E-state index in [2.05, 4.69) is 0 Å². The van der Waals surface area contributed by atoms with E-state index in [1.54, 1.807) is 19.2 Å². The maximum atomic E-state index is 11.1. The van der Waals surface area contributed by atoms with E-state index in [1.807, 2.05) is 13.0 Å². The van der Waals surface area contributed by atoms with Crippen LogP contribution in [0.1, 0.15) is 28.8 Å². The summed E-state index contributed by atoms with van der Waals surface area (Å²) in [6.45, 7) is 2.55. The van der Waals surface area contributed by atoms with E-state index < -0.39 is 5.91 Å². The van der Waals surface area contributed by atoms with Crippen LogP contribution < -0.4 is 11.5 Å². The molecule has 0 aromatic heterocycles. The second-order valence-corrected chi connectivity index (χ2v) is 3.53. The van der Waals surface area contributed by atoms with E-state index in [4.69, 9.17) is 16.2 Å². The highest BCUT2D eigenvalue weighted by molar-refractivity contribution is 5.98. The summed E-state index contributed by atoms with van der Waals surface area (Å²) in [5, 5.41) is 0. The van der Waals surface area contributed by atoms with E-state index in [9.17, 15) is 4.79 Å². The van der Waals surface area contributed by atoms with Crippen molar-refractivity contribution in [1.82, 2.24) is 0 Å². The van der Waals surface area contributed by atoms with Gasteiger partial charge in [-0.2, -0.15) is 0 Å². The Morgan fingerprint density at radius 2 is 2.20 bits per heavy atom. The highest BCUT2D eigenvalue weighted by atomic mass is 16.5. The fraction of sp³-hybridized carbons (Fsp3) is 0.364. The number of rotatable bonds is 4. The molecule has 15 heavy (non-hydrogen) atoms. The monoisotopic (exact) mass is 208 g/mol. The van der Waals surface area contributed by atoms with Crippen LogP contribution in [0.15, 0.2) is 18.2 Å².